The molecule has 0 aromatic heterocycles. The highest BCUT2D eigenvalue weighted by Crippen LogP contribution is 2.29. The van der Waals surface area contributed by atoms with Crippen LogP contribution in [0.5, 0.6) is 0 Å². The summed E-state index contributed by atoms with van der Waals surface area (Å²) in [4.78, 5) is 13.3. The van der Waals surface area contributed by atoms with E-state index in [1.165, 1.54) is 22.4 Å². The van der Waals surface area contributed by atoms with Gasteiger partial charge in [-0.2, -0.15) is 0 Å². The van der Waals surface area contributed by atoms with Gasteiger partial charge in [-0.05, 0) is 29.5 Å². The normalized spacial score (nSPS) is 11.4. The first-order valence-corrected chi connectivity index (χ1v) is 11.1. The Morgan fingerprint density at radius 3 is 1.90 bits per heavy atom. The monoisotopic (exact) mass is 412 g/mol. The molecule has 0 atom stereocenters. The predicted octanol–water partition coefficient (Wildman–Crippen LogP) is 5.71. The van der Waals surface area contributed by atoms with Crippen molar-refractivity contribution in [1.82, 2.24) is 10.2 Å². The number of amides is 1. The summed E-state index contributed by atoms with van der Waals surface area (Å²) >= 11 is 0. The van der Waals surface area contributed by atoms with E-state index in [2.05, 4.69) is 108 Å². The lowest BCUT2D eigenvalue weighted by molar-refractivity contribution is -0.109. The molecule has 3 rings (SSSR count). The Kier molecular flexibility index (Phi) is 8.93. The third-order valence-electron chi connectivity index (χ3n) is 5.51. The standard InChI is InChI=1S/C28H32N2O/c1-2-12-28(26-17-10-5-11-18-26)30(22-20-29-23-31)21-19-27(24-13-6-3-7-14-24)25-15-8-4-9-16-25/h3-18,23,27H,2,19-22H2,1H3,(H,29,31)/b28-12-. The van der Waals surface area contributed by atoms with Crippen molar-refractivity contribution in [2.24, 2.45) is 0 Å². The van der Waals surface area contributed by atoms with Crippen LogP contribution in [0, 0.1) is 0 Å². The first-order valence-electron chi connectivity index (χ1n) is 11.1. The Bertz CT molecular complexity index is 884. The molecule has 0 aliphatic carbocycles. The van der Waals surface area contributed by atoms with Crippen LogP contribution in [0.1, 0.15) is 42.4 Å². The maximum atomic E-state index is 10.8. The minimum absolute atomic E-state index is 0.322. The number of hydrogen-bond donors (Lipinski definition) is 1. The highest BCUT2D eigenvalue weighted by atomic mass is 16.1. The maximum Gasteiger partial charge on any atom is 0.207 e. The van der Waals surface area contributed by atoms with Crippen molar-refractivity contribution in [1.29, 1.82) is 0 Å². The number of carbonyl (C=O) groups excluding carboxylic acids is 1. The Balaban J connectivity index is 1.86. The highest BCUT2D eigenvalue weighted by Gasteiger charge is 2.18. The molecule has 3 aromatic carbocycles. The van der Waals surface area contributed by atoms with Crippen molar-refractivity contribution in [3.8, 4) is 0 Å². The van der Waals surface area contributed by atoms with E-state index in [9.17, 15) is 4.79 Å². The van der Waals surface area contributed by atoms with Crippen LogP contribution in [-0.4, -0.2) is 30.9 Å². The van der Waals surface area contributed by atoms with Gasteiger partial charge in [-0.25, -0.2) is 0 Å². The molecule has 0 saturated heterocycles. The van der Waals surface area contributed by atoms with Crippen LogP contribution < -0.4 is 5.32 Å². The van der Waals surface area contributed by atoms with Gasteiger partial charge in [-0.15, -0.1) is 0 Å². The van der Waals surface area contributed by atoms with Crippen molar-refractivity contribution >= 4 is 12.1 Å². The number of hydrogen-bond acceptors (Lipinski definition) is 2. The fraction of sp³-hybridized carbons (Fsp3) is 0.250. The lowest BCUT2D eigenvalue weighted by atomic mass is 9.88. The smallest absolute Gasteiger partial charge is 0.207 e. The second kappa shape index (κ2) is 12.4. The van der Waals surface area contributed by atoms with Gasteiger partial charge < -0.3 is 10.2 Å². The van der Waals surface area contributed by atoms with E-state index in [0.717, 1.165) is 32.3 Å². The molecule has 0 heterocycles. The molecule has 0 bridgehead atoms. The molecule has 0 saturated carbocycles. The zero-order chi connectivity index (χ0) is 21.7. The van der Waals surface area contributed by atoms with E-state index in [4.69, 9.17) is 0 Å². The van der Waals surface area contributed by atoms with Gasteiger partial charge in [-0.3, -0.25) is 4.79 Å². The molecule has 1 amide bonds. The van der Waals surface area contributed by atoms with Crippen LogP contribution in [0.15, 0.2) is 97.1 Å². The summed E-state index contributed by atoms with van der Waals surface area (Å²) in [5.74, 6) is 0.322. The van der Waals surface area contributed by atoms with Gasteiger partial charge in [0.1, 0.15) is 0 Å². The van der Waals surface area contributed by atoms with Crippen molar-refractivity contribution in [2.45, 2.75) is 25.7 Å². The summed E-state index contributed by atoms with van der Waals surface area (Å²) in [7, 11) is 0. The summed E-state index contributed by atoms with van der Waals surface area (Å²) in [6, 6.07) is 32.0. The number of allylic oxidation sites excluding steroid dienone is 1. The summed E-state index contributed by atoms with van der Waals surface area (Å²) in [5, 5.41) is 2.83. The van der Waals surface area contributed by atoms with Gasteiger partial charge in [0, 0.05) is 31.2 Å². The summed E-state index contributed by atoms with van der Waals surface area (Å²) in [5.41, 5.74) is 5.11. The third-order valence-corrected chi connectivity index (χ3v) is 5.51. The average Bonchev–Trinajstić information content (AvgIpc) is 2.84. The molecule has 0 aliphatic rings. The van der Waals surface area contributed by atoms with Gasteiger partial charge in [0.15, 0.2) is 0 Å². The number of carbonyl (C=O) groups is 1. The van der Waals surface area contributed by atoms with Gasteiger partial charge >= 0.3 is 0 Å². The van der Waals surface area contributed by atoms with Crippen molar-refractivity contribution in [3.63, 3.8) is 0 Å². The lowest BCUT2D eigenvalue weighted by Crippen LogP contribution is -2.32. The molecule has 0 unspecified atom stereocenters. The molecular formula is C28H32N2O. The lowest BCUT2D eigenvalue weighted by Gasteiger charge is -2.30. The molecule has 31 heavy (non-hydrogen) atoms. The van der Waals surface area contributed by atoms with E-state index in [1.807, 2.05) is 6.07 Å². The van der Waals surface area contributed by atoms with Gasteiger partial charge in [0.05, 0.1) is 0 Å². The van der Waals surface area contributed by atoms with E-state index < -0.39 is 0 Å². The first kappa shape index (κ1) is 22.4. The second-order valence-electron chi connectivity index (χ2n) is 7.59. The molecule has 160 valence electrons. The van der Waals surface area contributed by atoms with Crippen LogP contribution >= 0.6 is 0 Å². The van der Waals surface area contributed by atoms with E-state index in [1.54, 1.807) is 0 Å². The quantitative estimate of drug-likeness (QED) is 0.305. The van der Waals surface area contributed by atoms with Crippen LogP contribution in [0.25, 0.3) is 5.70 Å². The number of rotatable bonds is 12. The zero-order valence-corrected chi connectivity index (χ0v) is 18.3. The topological polar surface area (TPSA) is 32.3 Å². The molecule has 3 nitrogen and oxygen atoms in total. The van der Waals surface area contributed by atoms with E-state index in [0.29, 0.717) is 12.5 Å². The molecule has 3 aromatic rings. The minimum Gasteiger partial charge on any atom is -0.370 e. The second-order valence-corrected chi connectivity index (χ2v) is 7.59. The van der Waals surface area contributed by atoms with Crippen molar-refractivity contribution in [3.05, 3.63) is 114 Å². The Morgan fingerprint density at radius 2 is 1.39 bits per heavy atom. The maximum absolute atomic E-state index is 10.8. The summed E-state index contributed by atoms with van der Waals surface area (Å²) in [6.07, 6.45) is 5.02. The Morgan fingerprint density at radius 1 is 0.839 bits per heavy atom. The summed E-state index contributed by atoms with van der Waals surface area (Å²) in [6.45, 7) is 4.46. The molecule has 1 N–H and O–H groups in total. The van der Waals surface area contributed by atoms with Crippen molar-refractivity contribution in [2.75, 3.05) is 19.6 Å². The minimum atomic E-state index is 0.322. The third kappa shape index (κ3) is 6.58. The largest absolute Gasteiger partial charge is 0.370 e. The van der Waals surface area contributed by atoms with E-state index >= 15 is 0 Å². The Labute approximate surface area is 186 Å². The van der Waals surface area contributed by atoms with Gasteiger partial charge in [-0.1, -0.05) is 104 Å². The Hall–Kier alpha value is -3.33. The fourth-order valence-corrected chi connectivity index (χ4v) is 4.02. The molecule has 0 aliphatic heterocycles. The van der Waals surface area contributed by atoms with Crippen LogP contribution in [0.4, 0.5) is 0 Å². The number of nitrogens with zero attached hydrogens (tertiary/aromatic N) is 1. The number of benzene rings is 3. The molecule has 0 fully saturated rings. The fourth-order valence-electron chi connectivity index (χ4n) is 4.02. The number of nitrogens with one attached hydrogen (secondary N) is 1. The molecule has 0 radical (unpaired) electrons. The average molecular weight is 413 g/mol. The van der Waals surface area contributed by atoms with Crippen LogP contribution in [0.2, 0.25) is 0 Å². The summed E-state index contributed by atoms with van der Waals surface area (Å²) < 4.78 is 0. The zero-order valence-electron chi connectivity index (χ0n) is 18.3. The highest BCUT2D eigenvalue weighted by molar-refractivity contribution is 5.64. The SMILES string of the molecule is CC/C=C(/c1ccccc1)N(CCNC=O)CCC(c1ccccc1)c1ccccc1. The van der Waals surface area contributed by atoms with Crippen molar-refractivity contribution < 1.29 is 4.79 Å². The van der Waals surface area contributed by atoms with Gasteiger partial charge in [0.2, 0.25) is 6.41 Å². The van der Waals surface area contributed by atoms with Crippen LogP contribution in [0.3, 0.4) is 0 Å². The first-order chi connectivity index (χ1) is 15.3. The predicted molar refractivity (Wildman–Crippen MR) is 130 cm³/mol. The van der Waals surface area contributed by atoms with Crippen LogP contribution in [-0.2, 0) is 4.79 Å². The molecule has 3 heteroatoms. The van der Waals surface area contributed by atoms with Gasteiger partial charge in [0.25, 0.3) is 0 Å². The molecular weight excluding hydrogens is 380 g/mol. The molecule has 0 spiro atoms. The van der Waals surface area contributed by atoms with E-state index in [-0.39, 0.29) is 0 Å².